The number of methoxy groups -OCH3 is 1. The van der Waals surface area contributed by atoms with E-state index in [0.717, 1.165) is 18.4 Å². The molecule has 0 saturated heterocycles. The second-order valence-electron chi connectivity index (χ2n) is 8.36. The maximum absolute atomic E-state index is 12.9. The minimum absolute atomic E-state index is 0.161. The summed E-state index contributed by atoms with van der Waals surface area (Å²) in [4.78, 5) is 24.9. The highest BCUT2D eigenvalue weighted by Crippen LogP contribution is 2.40. The summed E-state index contributed by atoms with van der Waals surface area (Å²) >= 11 is 0. The quantitative estimate of drug-likeness (QED) is 0.585. The smallest absolute Gasteiger partial charge is 0.407 e. The van der Waals surface area contributed by atoms with Gasteiger partial charge in [0.15, 0.2) is 0 Å². The maximum atomic E-state index is 12.9. The van der Waals surface area contributed by atoms with Gasteiger partial charge in [-0.1, -0.05) is 42.5 Å². The number of ether oxygens (including phenoxy) is 2. The Balaban J connectivity index is 1.67. The molecule has 0 bridgehead atoms. The van der Waals surface area contributed by atoms with Crippen LogP contribution in [0.15, 0.2) is 54.6 Å². The second-order valence-corrected chi connectivity index (χ2v) is 8.36. The van der Waals surface area contributed by atoms with Gasteiger partial charge in [-0.3, -0.25) is 4.79 Å². The fraction of sp³-hybridized carbons (Fsp3) is 0.440. The number of nitrogens with one attached hydrogen (secondary N) is 2. The molecule has 0 aromatic heterocycles. The molecular formula is C25H32N2O5. The van der Waals surface area contributed by atoms with Gasteiger partial charge < -0.3 is 25.2 Å². The van der Waals surface area contributed by atoms with E-state index >= 15 is 0 Å². The number of rotatable bonds is 8. The molecule has 1 aliphatic carbocycles. The number of benzene rings is 2. The number of carbonyl (C=O) groups is 2. The molecule has 1 saturated carbocycles. The van der Waals surface area contributed by atoms with Crippen molar-refractivity contribution in [3.63, 3.8) is 0 Å². The summed E-state index contributed by atoms with van der Waals surface area (Å²) in [7, 11) is 1.55. The van der Waals surface area contributed by atoms with Crippen LogP contribution in [-0.4, -0.2) is 49.5 Å². The standard InChI is InChI=1S/C25H32N2O5/c1-18(28)16-26-24(30)32-20-12-14-25(15-13-20,19-8-4-3-5-9-19)17-27-23(29)21-10-6-7-11-22(21)31-2/h3-11,18,20,28H,12-17H2,1-2H3,(H,26,30)(H,27,29). The molecule has 1 aliphatic rings. The van der Waals surface area contributed by atoms with Crippen LogP contribution in [0.2, 0.25) is 0 Å². The van der Waals surface area contributed by atoms with Gasteiger partial charge in [0, 0.05) is 18.5 Å². The van der Waals surface area contributed by atoms with Crippen molar-refractivity contribution in [3.05, 3.63) is 65.7 Å². The van der Waals surface area contributed by atoms with E-state index in [2.05, 4.69) is 22.8 Å². The lowest BCUT2D eigenvalue weighted by atomic mass is 9.68. The highest BCUT2D eigenvalue weighted by molar-refractivity contribution is 5.96. The number of hydrogen-bond donors (Lipinski definition) is 3. The summed E-state index contributed by atoms with van der Waals surface area (Å²) in [6, 6.07) is 17.3. The Kier molecular flexibility index (Phi) is 8.11. The van der Waals surface area contributed by atoms with Crippen LogP contribution in [0, 0.1) is 0 Å². The van der Waals surface area contributed by atoms with E-state index in [1.54, 1.807) is 26.2 Å². The van der Waals surface area contributed by atoms with Gasteiger partial charge in [0.05, 0.1) is 18.8 Å². The van der Waals surface area contributed by atoms with Crippen molar-refractivity contribution < 1.29 is 24.2 Å². The van der Waals surface area contributed by atoms with Gasteiger partial charge >= 0.3 is 6.09 Å². The Labute approximate surface area is 189 Å². The van der Waals surface area contributed by atoms with Crippen molar-refractivity contribution in [1.29, 1.82) is 0 Å². The molecule has 172 valence electrons. The summed E-state index contributed by atoms with van der Waals surface area (Å²) in [5.74, 6) is 0.368. The van der Waals surface area contributed by atoms with Crippen LogP contribution in [-0.2, 0) is 10.2 Å². The van der Waals surface area contributed by atoms with Gasteiger partial charge in [0.1, 0.15) is 11.9 Å². The fourth-order valence-corrected chi connectivity index (χ4v) is 4.22. The number of amides is 2. The molecule has 0 aliphatic heterocycles. The topological polar surface area (TPSA) is 96.9 Å². The third kappa shape index (κ3) is 6.01. The molecule has 1 unspecified atom stereocenters. The van der Waals surface area contributed by atoms with Crippen molar-refractivity contribution in [2.75, 3.05) is 20.2 Å². The summed E-state index contributed by atoms with van der Waals surface area (Å²) in [5, 5.41) is 15.0. The molecular weight excluding hydrogens is 408 g/mol. The first-order chi connectivity index (χ1) is 15.4. The zero-order valence-electron chi connectivity index (χ0n) is 18.7. The predicted octanol–water partition coefficient (Wildman–Crippen LogP) is 3.41. The Morgan fingerprint density at radius 3 is 2.38 bits per heavy atom. The van der Waals surface area contributed by atoms with Crippen LogP contribution >= 0.6 is 0 Å². The zero-order chi connectivity index (χ0) is 23.0. The van der Waals surface area contributed by atoms with Crippen LogP contribution in [0.25, 0.3) is 0 Å². The van der Waals surface area contributed by atoms with E-state index in [-0.39, 0.29) is 24.0 Å². The first-order valence-electron chi connectivity index (χ1n) is 11.0. The molecule has 2 aromatic carbocycles. The van der Waals surface area contributed by atoms with Gasteiger partial charge in [0.25, 0.3) is 5.91 Å². The average Bonchev–Trinajstić information content (AvgIpc) is 2.82. The van der Waals surface area contributed by atoms with Gasteiger partial charge in [-0.15, -0.1) is 0 Å². The predicted molar refractivity (Wildman–Crippen MR) is 122 cm³/mol. The summed E-state index contributed by atoms with van der Waals surface area (Å²) in [6.45, 7) is 2.25. The minimum Gasteiger partial charge on any atom is -0.496 e. The molecule has 32 heavy (non-hydrogen) atoms. The van der Waals surface area contributed by atoms with E-state index in [1.807, 2.05) is 30.3 Å². The van der Waals surface area contributed by atoms with Crippen LogP contribution in [0.5, 0.6) is 5.75 Å². The van der Waals surface area contributed by atoms with Gasteiger partial charge in [-0.05, 0) is 50.3 Å². The van der Waals surface area contributed by atoms with Crippen molar-refractivity contribution in [2.45, 2.75) is 50.2 Å². The molecule has 3 N–H and O–H groups in total. The Morgan fingerprint density at radius 1 is 1.06 bits per heavy atom. The number of carbonyl (C=O) groups excluding carboxylic acids is 2. The van der Waals surface area contributed by atoms with Gasteiger partial charge in [-0.25, -0.2) is 4.79 Å². The third-order valence-electron chi connectivity index (χ3n) is 6.03. The molecule has 7 heteroatoms. The zero-order valence-corrected chi connectivity index (χ0v) is 18.7. The number of hydrogen-bond acceptors (Lipinski definition) is 5. The van der Waals surface area contributed by atoms with Crippen LogP contribution in [0.3, 0.4) is 0 Å². The molecule has 7 nitrogen and oxygen atoms in total. The number of aliphatic hydroxyl groups excluding tert-OH is 1. The van der Waals surface area contributed by atoms with Crippen molar-refractivity contribution >= 4 is 12.0 Å². The van der Waals surface area contributed by atoms with Crippen LogP contribution in [0.1, 0.15) is 48.5 Å². The normalized spacial score (nSPS) is 21.3. The van der Waals surface area contributed by atoms with E-state index < -0.39 is 12.2 Å². The molecule has 2 aromatic rings. The van der Waals surface area contributed by atoms with Crippen LogP contribution < -0.4 is 15.4 Å². The van der Waals surface area contributed by atoms with Crippen molar-refractivity contribution in [3.8, 4) is 5.75 Å². The fourth-order valence-electron chi connectivity index (χ4n) is 4.22. The highest BCUT2D eigenvalue weighted by atomic mass is 16.6. The lowest BCUT2D eigenvalue weighted by molar-refractivity contribution is 0.0540. The molecule has 0 spiro atoms. The molecule has 2 amide bonds. The lowest BCUT2D eigenvalue weighted by Gasteiger charge is -2.40. The third-order valence-corrected chi connectivity index (χ3v) is 6.03. The summed E-state index contributed by atoms with van der Waals surface area (Å²) < 4.78 is 10.9. The van der Waals surface area contributed by atoms with Crippen molar-refractivity contribution in [2.24, 2.45) is 0 Å². The number of para-hydroxylation sites is 1. The van der Waals surface area contributed by atoms with Gasteiger partial charge in [-0.2, -0.15) is 0 Å². The summed E-state index contributed by atoms with van der Waals surface area (Å²) in [6.07, 6.45) is 1.63. The molecule has 0 radical (unpaired) electrons. The number of aliphatic hydroxyl groups is 1. The van der Waals surface area contributed by atoms with Crippen molar-refractivity contribution in [1.82, 2.24) is 10.6 Å². The van der Waals surface area contributed by atoms with E-state index in [1.165, 1.54) is 0 Å². The van der Waals surface area contributed by atoms with E-state index in [4.69, 9.17) is 9.47 Å². The largest absolute Gasteiger partial charge is 0.496 e. The van der Waals surface area contributed by atoms with E-state index in [9.17, 15) is 14.7 Å². The monoisotopic (exact) mass is 440 g/mol. The Bertz CT molecular complexity index is 892. The lowest BCUT2D eigenvalue weighted by Crippen LogP contribution is -2.45. The van der Waals surface area contributed by atoms with Crippen LogP contribution in [0.4, 0.5) is 4.79 Å². The van der Waals surface area contributed by atoms with E-state index in [0.29, 0.717) is 30.7 Å². The summed E-state index contributed by atoms with van der Waals surface area (Å²) in [5.41, 5.74) is 1.43. The first kappa shape index (κ1) is 23.6. The highest BCUT2D eigenvalue weighted by Gasteiger charge is 2.38. The number of alkyl carbamates (subject to hydrolysis) is 1. The van der Waals surface area contributed by atoms with Gasteiger partial charge in [0.2, 0.25) is 0 Å². The Hall–Kier alpha value is -3.06. The average molecular weight is 441 g/mol. The molecule has 0 heterocycles. The SMILES string of the molecule is COc1ccccc1C(=O)NCC1(c2ccccc2)CCC(OC(=O)NCC(C)O)CC1. The molecule has 1 fully saturated rings. The minimum atomic E-state index is -0.619. The molecule has 3 rings (SSSR count). The maximum Gasteiger partial charge on any atom is 0.407 e. The Morgan fingerprint density at radius 2 is 1.72 bits per heavy atom. The molecule has 1 atom stereocenters. The first-order valence-corrected chi connectivity index (χ1v) is 11.0. The second kappa shape index (κ2) is 11.0.